The van der Waals surface area contributed by atoms with Crippen LogP contribution in [0.1, 0.15) is 38.6 Å². The fourth-order valence-electron chi connectivity index (χ4n) is 2.37. The highest BCUT2D eigenvalue weighted by Crippen LogP contribution is 2.30. The van der Waals surface area contributed by atoms with Crippen molar-refractivity contribution in [3.05, 3.63) is 23.6 Å². The number of hydrogen-bond donors (Lipinski definition) is 0. The normalized spacial score (nSPS) is 13.0. The van der Waals surface area contributed by atoms with Crippen molar-refractivity contribution in [1.29, 1.82) is 0 Å². The van der Waals surface area contributed by atoms with Crippen LogP contribution < -0.4 is 0 Å². The highest BCUT2D eigenvalue weighted by molar-refractivity contribution is 7.99. The SMILES string of the molecule is CCCc1nc2c(SC)cc(CC(C)SCC)cc2o1. The number of thioether (sulfide) groups is 2. The minimum atomic E-state index is 0.644. The van der Waals surface area contributed by atoms with E-state index in [9.17, 15) is 0 Å². The third-order valence-electron chi connectivity index (χ3n) is 3.22. The number of aromatic nitrogens is 1. The Balaban J connectivity index is 2.32. The summed E-state index contributed by atoms with van der Waals surface area (Å²) in [5, 5.41) is 0.644. The lowest BCUT2D eigenvalue weighted by Crippen LogP contribution is -2.02. The van der Waals surface area contributed by atoms with Gasteiger partial charge in [0.1, 0.15) is 5.52 Å². The second-order valence-electron chi connectivity index (χ2n) is 4.97. The van der Waals surface area contributed by atoms with Crippen molar-refractivity contribution in [3.8, 4) is 0 Å². The van der Waals surface area contributed by atoms with E-state index in [2.05, 4.69) is 44.1 Å². The van der Waals surface area contributed by atoms with Crippen molar-refractivity contribution >= 4 is 34.6 Å². The molecule has 1 aromatic heterocycles. The third kappa shape index (κ3) is 3.73. The molecule has 0 aliphatic heterocycles. The summed E-state index contributed by atoms with van der Waals surface area (Å²) in [6, 6.07) is 4.45. The number of fused-ring (bicyclic) bond motifs is 1. The first-order chi connectivity index (χ1) is 9.67. The van der Waals surface area contributed by atoms with E-state index in [1.165, 1.54) is 16.2 Å². The fourth-order valence-corrected chi connectivity index (χ4v) is 3.86. The predicted molar refractivity (Wildman–Crippen MR) is 91.1 cm³/mol. The van der Waals surface area contributed by atoms with Gasteiger partial charge in [-0.3, -0.25) is 0 Å². The van der Waals surface area contributed by atoms with Crippen LogP contribution in [0, 0.1) is 0 Å². The monoisotopic (exact) mass is 309 g/mol. The highest BCUT2D eigenvalue weighted by atomic mass is 32.2. The van der Waals surface area contributed by atoms with Gasteiger partial charge in [0.25, 0.3) is 0 Å². The Morgan fingerprint density at radius 2 is 2.10 bits per heavy atom. The van der Waals surface area contributed by atoms with Gasteiger partial charge < -0.3 is 4.42 Å². The Kier molecular flexibility index (Phi) is 5.85. The van der Waals surface area contributed by atoms with Crippen LogP contribution in [0.2, 0.25) is 0 Å². The first-order valence-corrected chi connectivity index (χ1v) is 9.53. The van der Waals surface area contributed by atoms with E-state index in [4.69, 9.17) is 4.42 Å². The van der Waals surface area contributed by atoms with E-state index >= 15 is 0 Å². The molecule has 0 aliphatic rings. The zero-order chi connectivity index (χ0) is 14.5. The first-order valence-electron chi connectivity index (χ1n) is 7.25. The fraction of sp³-hybridized carbons (Fsp3) is 0.562. The second-order valence-corrected chi connectivity index (χ2v) is 7.54. The quantitative estimate of drug-likeness (QED) is 0.658. The summed E-state index contributed by atoms with van der Waals surface area (Å²) < 4.78 is 5.90. The Morgan fingerprint density at radius 3 is 2.75 bits per heavy atom. The molecule has 0 saturated carbocycles. The average molecular weight is 310 g/mol. The molecule has 1 atom stereocenters. The van der Waals surface area contributed by atoms with Gasteiger partial charge in [0.2, 0.25) is 0 Å². The van der Waals surface area contributed by atoms with Crippen LogP contribution >= 0.6 is 23.5 Å². The molecule has 20 heavy (non-hydrogen) atoms. The number of aryl methyl sites for hydroxylation is 1. The summed E-state index contributed by atoms with van der Waals surface area (Å²) in [6.45, 7) is 6.66. The maximum absolute atomic E-state index is 5.90. The standard InChI is InChI=1S/C16H23NOS2/c1-5-7-15-17-16-13(18-15)9-12(10-14(16)19-4)8-11(3)20-6-2/h9-11H,5-8H2,1-4H3. The number of rotatable bonds is 7. The van der Waals surface area contributed by atoms with Gasteiger partial charge in [-0.25, -0.2) is 4.98 Å². The van der Waals surface area contributed by atoms with Crippen molar-refractivity contribution in [2.45, 2.75) is 50.2 Å². The van der Waals surface area contributed by atoms with Crippen LogP contribution in [-0.2, 0) is 12.8 Å². The molecule has 0 aliphatic carbocycles. The summed E-state index contributed by atoms with van der Waals surface area (Å²) in [5.74, 6) is 2.04. The Labute approximate surface area is 130 Å². The number of nitrogens with zero attached hydrogens (tertiary/aromatic N) is 1. The molecule has 1 heterocycles. The smallest absolute Gasteiger partial charge is 0.195 e. The Hall–Kier alpha value is -0.610. The predicted octanol–water partition coefficient (Wildman–Crippen LogP) is 5.19. The van der Waals surface area contributed by atoms with Crippen molar-refractivity contribution in [1.82, 2.24) is 4.98 Å². The Morgan fingerprint density at radius 1 is 1.30 bits per heavy atom. The highest BCUT2D eigenvalue weighted by Gasteiger charge is 2.12. The van der Waals surface area contributed by atoms with Crippen LogP contribution in [0.3, 0.4) is 0 Å². The summed E-state index contributed by atoms with van der Waals surface area (Å²) in [5.41, 5.74) is 3.33. The zero-order valence-corrected chi connectivity index (χ0v) is 14.4. The molecular formula is C16H23NOS2. The lowest BCUT2D eigenvalue weighted by Gasteiger charge is -2.10. The van der Waals surface area contributed by atoms with Crippen molar-refractivity contribution < 1.29 is 4.42 Å². The van der Waals surface area contributed by atoms with Gasteiger partial charge in [-0.15, -0.1) is 11.8 Å². The van der Waals surface area contributed by atoms with Crippen LogP contribution in [-0.4, -0.2) is 22.2 Å². The molecule has 110 valence electrons. The van der Waals surface area contributed by atoms with Gasteiger partial charge in [0.05, 0.1) is 0 Å². The molecule has 0 amide bonds. The zero-order valence-electron chi connectivity index (χ0n) is 12.7. The largest absolute Gasteiger partial charge is 0.441 e. The molecule has 0 fully saturated rings. The van der Waals surface area contributed by atoms with Gasteiger partial charge in [0.15, 0.2) is 11.5 Å². The maximum Gasteiger partial charge on any atom is 0.195 e. The summed E-state index contributed by atoms with van der Waals surface area (Å²) in [7, 11) is 0. The molecule has 0 saturated heterocycles. The lowest BCUT2D eigenvalue weighted by molar-refractivity contribution is 0.525. The van der Waals surface area contributed by atoms with E-state index in [0.29, 0.717) is 5.25 Å². The molecule has 0 spiro atoms. The molecule has 2 nitrogen and oxygen atoms in total. The molecule has 2 aromatic rings. The van der Waals surface area contributed by atoms with Gasteiger partial charge in [0, 0.05) is 16.6 Å². The Bertz CT molecular complexity index is 565. The minimum absolute atomic E-state index is 0.644. The van der Waals surface area contributed by atoms with Crippen LogP contribution in [0.15, 0.2) is 21.4 Å². The average Bonchev–Trinajstić information content (AvgIpc) is 2.80. The maximum atomic E-state index is 5.90. The molecule has 0 radical (unpaired) electrons. The number of oxazole rings is 1. The summed E-state index contributed by atoms with van der Waals surface area (Å²) >= 11 is 3.76. The van der Waals surface area contributed by atoms with E-state index in [-0.39, 0.29) is 0 Å². The number of hydrogen-bond acceptors (Lipinski definition) is 4. The molecule has 0 N–H and O–H groups in total. The summed E-state index contributed by atoms with van der Waals surface area (Å²) in [6.07, 6.45) is 5.18. The minimum Gasteiger partial charge on any atom is -0.441 e. The van der Waals surface area contributed by atoms with Crippen molar-refractivity contribution in [3.63, 3.8) is 0 Å². The van der Waals surface area contributed by atoms with E-state index < -0.39 is 0 Å². The molecule has 4 heteroatoms. The van der Waals surface area contributed by atoms with Gasteiger partial charge in [-0.2, -0.15) is 11.8 Å². The third-order valence-corrected chi connectivity index (χ3v) is 5.04. The van der Waals surface area contributed by atoms with E-state index in [1.807, 2.05) is 11.8 Å². The summed E-state index contributed by atoms with van der Waals surface area (Å²) in [4.78, 5) is 5.87. The first kappa shape index (κ1) is 15.8. The van der Waals surface area contributed by atoms with E-state index in [0.717, 1.165) is 36.3 Å². The van der Waals surface area contributed by atoms with Crippen LogP contribution in [0.5, 0.6) is 0 Å². The second kappa shape index (κ2) is 7.41. The van der Waals surface area contributed by atoms with Crippen molar-refractivity contribution in [2.24, 2.45) is 0 Å². The van der Waals surface area contributed by atoms with Crippen LogP contribution in [0.25, 0.3) is 11.1 Å². The van der Waals surface area contributed by atoms with Gasteiger partial charge >= 0.3 is 0 Å². The molecule has 1 unspecified atom stereocenters. The molecule has 2 rings (SSSR count). The van der Waals surface area contributed by atoms with Crippen molar-refractivity contribution in [2.75, 3.05) is 12.0 Å². The topological polar surface area (TPSA) is 26.0 Å². The van der Waals surface area contributed by atoms with Gasteiger partial charge in [-0.05, 0) is 42.5 Å². The molecular weight excluding hydrogens is 286 g/mol. The van der Waals surface area contributed by atoms with Gasteiger partial charge in [-0.1, -0.05) is 20.8 Å². The molecule has 1 aromatic carbocycles. The number of benzene rings is 1. The molecule has 0 bridgehead atoms. The lowest BCUT2D eigenvalue weighted by atomic mass is 10.1. The van der Waals surface area contributed by atoms with Crippen LogP contribution in [0.4, 0.5) is 0 Å². The van der Waals surface area contributed by atoms with E-state index in [1.54, 1.807) is 11.8 Å².